The highest BCUT2D eigenvalue weighted by Crippen LogP contribution is 2.58. The Kier molecular flexibility index (Phi) is 18.6. The number of likely N-dealkylation sites (tertiary alicyclic amines) is 2. The number of thiophene rings is 1. The Morgan fingerprint density at radius 1 is 0.882 bits per heavy atom. The monoisotopic (exact) mass is 1200 g/mol. The van der Waals surface area contributed by atoms with Crippen LogP contribution in [0.25, 0.3) is 21.1 Å². The number of para-hydroxylation sites is 1. The maximum absolute atomic E-state index is 16.9. The van der Waals surface area contributed by atoms with E-state index in [1.54, 1.807) is 46.8 Å². The van der Waals surface area contributed by atoms with Crippen LogP contribution in [0, 0.1) is 17.3 Å². The lowest BCUT2D eigenvalue weighted by molar-refractivity contribution is -0.152. The fourth-order valence-corrected chi connectivity index (χ4v) is 15.2. The second kappa shape index (κ2) is 25.9. The van der Waals surface area contributed by atoms with Gasteiger partial charge in [0.1, 0.15) is 36.0 Å². The first-order valence-corrected chi connectivity index (χ1v) is 32.0. The van der Waals surface area contributed by atoms with Gasteiger partial charge in [-0.1, -0.05) is 88.4 Å². The van der Waals surface area contributed by atoms with Crippen molar-refractivity contribution in [3.8, 4) is 5.75 Å². The van der Waals surface area contributed by atoms with Crippen LogP contribution in [0.2, 0.25) is 0 Å². The van der Waals surface area contributed by atoms with E-state index in [1.165, 1.54) is 35.8 Å². The molecule has 4 aliphatic rings. The number of alkyl halides is 1. The lowest BCUT2D eigenvalue weighted by Gasteiger charge is -2.40. The SMILES string of the molecule is CCCOC(=O)[C@H](C)N[P@](=O)(Oc1ccccc1)[C@H](F)c1ccc2sc(C(=O)N[C@H](C(=O)N3CC[C@@H](CC4CCN(Cc5ccc6c(c5)n(C)c(=O)n6C5CCC(=O)NC5=O)CC4)[C@H]3C(=O)N3CCO[C@H](c4ccccc4)C3)C(C)(C)C)cc2c1. The summed E-state index contributed by atoms with van der Waals surface area (Å²) in [4.78, 5) is 102. The van der Waals surface area contributed by atoms with E-state index < -0.39 is 60.8 Å². The molecule has 10 rings (SSSR count). The molecule has 8 atom stereocenters. The Labute approximate surface area is 498 Å². The molecule has 0 spiro atoms. The summed E-state index contributed by atoms with van der Waals surface area (Å²) < 4.78 is 52.4. The zero-order chi connectivity index (χ0) is 60.3. The number of esters is 1. The molecule has 0 saturated carbocycles. The van der Waals surface area contributed by atoms with Crippen LogP contribution in [-0.2, 0) is 51.6 Å². The van der Waals surface area contributed by atoms with Gasteiger partial charge in [-0.15, -0.1) is 11.3 Å². The Balaban J connectivity index is 0.846. The van der Waals surface area contributed by atoms with E-state index in [2.05, 4.69) is 20.6 Å². The minimum atomic E-state index is -4.52. The Hall–Kier alpha value is -7.03. The molecule has 4 fully saturated rings. The number of aromatic nitrogens is 2. The van der Waals surface area contributed by atoms with Crippen molar-refractivity contribution in [1.29, 1.82) is 0 Å². The Bertz CT molecular complexity index is 3560. The van der Waals surface area contributed by atoms with Crippen molar-refractivity contribution in [2.75, 3.05) is 45.9 Å². The molecular formula is C63H76FN8O11PS. The molecule has 4 aliphatic heterocycles. The topological polar surface area (TPSA) is 220 Å². The van der Waals surface area contributed by atoms with E-state index in [0.717, 1.165) is 54.8 Å². The number of hydrogen-bond donors (Lipinski definition) is 3. The minimum absolute atomic E-state index is 0.00767. The lowest BCUT2D eigenvalue weighted by Crippen LogP contribution is -2.59. The van der Waals surface area contributed by atoms with Crippen LogP contribution >= 0.6 is 18.9 Å². The van der Waals surface area contributed by atoms with Crippen LogP contribution in [0.1, 0.15) is 124 Å². The summed E-state index contributed by atoms with van der Waals surface area (Å²) in [6.07, 6.45) is 3.73. The van der Waals surface area contributed by atoms with Gasteiger partial charge in [-0.2, -0.15) is 0 Å². The van der Waals surface area contributed by atoms with Crippen LogP contribution in [0.3, 0.4) is 0 Å². The number of carbonyl (C=O) groups excluding carboxylic acids is 6. The predicted molar refractivity (Wildman–Crippen MR) is 321 cm³/mol. The van der Waals surface area contributed by atoms with Crippen LogP contribution in [0.4, 0.5) is 4.39 Å². The fourth-order valence-electron chi connectivity index (χ4n) is 12.4. The van der Waals surface area contributed by atoms with E-state index in [0.29, 0.717) is 66.7 Å². The van der Waals surface area contributed by atoms with Crippen LogP contribution < -0.4 is 25.9 Å². The van der Waals surface area contributed by atoms with Gasteiger partial charge in [0.2, 0.25) is 29.5 Å². The van der Waals surface area contributed by atoms with Gasteiger partial charge in [-0.05, 0) is 140 Å². The van der Waals surface area contributed by atoms with Crippen molar-refractivity contribution in [3.63, 3.8) is 0 Å². The van der Waals surface area contributed by atoms with E-state index in [4.69, 9.17) is 14.0 Å². The van der Waals surface area contributed by atoms with Gasteiger partial charge in [0.15, 0.2) is 0 Å². The van der Waals surface area contributed by atoms with Crippen LogP contribution in [0.5, 0.6) is 5.75 Å². The molecule has 0 bridgehead atoms. The highest BCUT2D eigenvalue weighted by atomic mass is 32.1. The summed E-state index contributed by atoms with van der Waals surface area (Å²) in [5, 5.41) is 8.53. The summed E-state index contributed by atoms with van der Waals surface area (Å²) in [5.41, 5.74) is 2.20. The van der Waals surface area contributed by atoms with Crippen molar-refractivity contribution < 1.29 is 51.7 Å². The number of nitrogens with one attached hydrogen (secondary N) is 3. The second-order valence-electron chi connectivity index (χ2n) is 24.1. The third kappa shape index (κ3) is 13.5. The van der Waals surface area contributed by atoms with Gasteiger partial charge in [0.25, 0.3) is 5.91 Å². The molecule has 2 aromatic heterocycles. The number of ether oxygens (including phenoxy) is 2. The van der Waals surface area contributed by atoms with Gasteiger partial charge < -0.3 is 29.1 Å². The smallest absolute Gasteiger partial charge is 0.355 e. The van der Waals surface area contributed by atoms with E-state index in [1.807, 2.05) is 81.1 Å². The standard InChI is InChI=1S/C63H76FN8O11PS/c1-7-31-82-61(78)39(2)67-84(80,83-46-16-12-9-13-17-46)56(64)44-19-22-51-45(35-44)36-52(85-51)58(75)66-55(63(3,4)5)60(77)71-29-26-43(54(71)59(76)70-30-32-81-50(38-70)42-14-10-8-11-15-42)33-40-24-27-69(28-25-40)37-41-18-20-47-49(34-41)68(6)62(79)72(47)48-21-23-53(73)65-57(48)74/h8-20,22,34-36,39-40,43,48,50,54-56H,7,21,23-33,37-38H2,1-6H3,(H,66,75)(H,67,80)(H,65,73,74)/t39-,43-,48?,50-,54-,55+,56-,84+/m0/s1. The molecule has 0 radical (unpaired) electrons. The number of imidazole rings is 1. The molecule has 0 aliphatic carbocycles. The first-order valence-electron chi connectivity index (χ1n) is 29.5. The maximum atomic E-state index is 16.9. The zero-order valence-electron chi connectivity index (χ0n) is 49.0. The van der Waals surface area contributed by atoms with E-state index in [-0.39, 0.29) is 77.0 Å². The number of fused-ring (bicyclic) bond motifs is 2. The average molecular weight is 1200 g/mol. The van der Waals surface area contributed by atoms with Crippen molar-refractivity contribution >= 4 is 75.5 Å². The van der Waals surface area contributed by atoms with E-state index >= 15 is 14.0 Å². The number of rotatable bonds is 19. The third-order valence-corrected chi connectivity index (χ3v) is 20.2. The Morgan fingerprint density at radius 3 is 2.32 bits per heavy atom. The number of benzene rings is 4. The number of imide groups is 1. The summed E-state index contributed by atoms with van der Waals surface area (Å²) in [6.45, 7) is 12.6. The summed E-state index contributed by atoms with van der Waals surface area (Å²) in [7, 11) is -2.83. The predicted octanol–water partition coefficient (Wildman–Crippen LogP) is 8.97. The molecule has 452 valence electrons. The number of carbonyl (C=O) groups is 6. The number of halogens is 1. The number of hydrogen-bond acceptors (Lipinski definition) is 13. The van der Waals surface area contributed by atoms with Crippen LogP contribution in [-0.4, -0.2) is 123 Å². The molecule has 5 amide bonds. The van der Waals surface area contributed by atoms with Crippen molar-refractivity contribution in [2.24, 2.45) is 24.3 Å². The summed E-state index contributed by atoms with van der Waals surface area (Å²) >= 11 is 1.16. The first kappa shape index (κ1) is 61.1. The number of piperidine rings is 2. The highest BCUT2D eigenvalue weighted by molar-refractivity contribution is 7.57. The number of amides is 5. The average Bonchev–Trinajstić information content (AvgIpc) is 3.75. The van der Waals surface area contributed by atoms with Gasteiger partial charge in [0, 0.05) is 37.8 Å². The zero-order valence-corrected chi connectivity index (χ0v) is 50.7. The molecule has 3 N–H and O–H groups in total. The summed E-state index contributed by atoms with van der Waals surface area (Å²) in [5.74, 6) is -4.53. The van der Waals surface area contributed by atoms with Crippen molar-refractivity contribution in [1.82, 2.24) is 39.6 Å². The molecular weight excluding hydrogens is 1130 g/mol. The highest BCUT2D eigenvalue weighted by Gasteiger charge is 2.49. The van der Waals surface area contributed by atoms with Gasteiger partial charge in [0.05, 0.1) is 35.7 Å². The Morgan fingerprint density at radius 2 is 1.61 bits per heavy atom. The maximum Gasteiger partial charge on any atom is 0.355 e. The molecule has 6 heterocycles. The molecule has 22 heteroatoms. The van der Waals surface area contributed by atoms with Gasteiger partial charge in [-0.25, -0.2) is 14.3 Å². The van der Waals surface area contributed by atoms with E-state index in [9.17, 15) is 28.5 Å². The normalized spacial score (nSPS) is 21.7. The molecule has 19 nitrogen and oxygen atoms in total. The van der Waals surface area contributed by atoms with Gasteiger partial charge >= 0.3 is 19.2 Å². The molecule has 4 saturated heterocycles. The van der Waals surface area contributed by atoms with Crippen molar-refractivity contribution in [2.45, 2.75) is 122 Å². The third-order valence-electron chi connectivity index (χ3n) is 16.9. The minimum Gasteiger partial charge on any atom is -0.465 e. The number of nitrogens with zero attached hydrogens (tertiary/aromatic N) is 5. The van der Waals surface area contributed by atoms with Crippen molar-refractivity contribution in [3.05, 3.63) is 135 Å². The lowest BCUT2D eigenvalue weighted by atomic mass is 9.82. The van der Waals surface area contributed by atoms with Gasteiger partial charge in [-0.3, -0.25) is 52.7 Å². The molecule has 85 heavy (non-hydrogen) atoms. The quantitative estimate of drug-likeness (QED) is 0.0392. The largest absolute Gasteiger partial charge is 0.465 e. The fraction of sp³-hybridized carbons (Fsp3) is 0.476. The number of morpholine rings is 1. The number of aryl methyl sites for hydroxylation is 1. The van der Waals surface area contributed by atoms with Crippen LogP contribution in [0.15, 0.2) is 108 Å². The molecule has 4 aromatic carbocycles. The first-order chi connectivity index (χ1) is 40.7. The molecule has 1 unspecified atom stereocenters. The second-order valence-corrected chi connectivity index (χ2v) is 27.2. The summed E-state index contributed by atoms with van der Waals surface area (Å²) in [6, 6.07) is 26.2. The molecule has 6 aromatic rings.